The summed E-state index contributed by atoms with van der Waals surface area (Å²) in [7, 11) is -4.25. The van der Waals surface area contributed by atoms with Crippen molar-refractivity contribution in [3.05, 3.63) is 64.2 Å². The lowest BCUT2D eigenvalue weighted by atomic mass is 10.1. The lowest BCUT2D eigenvalue weighted by molar-refractivity contribution is -0.139. The first-order valence-electron chi connectivity index (χ1n) is 11.5. The fraction of sp³-hybridized carbons (Fsp3) is 0.440. The van der Waals surface area contributed by atoms with Gasteiger partial charge in [0, 0.05) is 12.6 Å². The van der Waals surface area contributed by atoms with Crippen molar-refractivity contribution in [2.24, 2.45) is 0 Å². The number of hydrogen-bond donors (Lipinski definition) is 1. The van der Waals surface area contributed by atoms with E-state index in [1.165, 1.54) is 11.8 Å². The van der Waals surface area contributed by atoms with Crippen LogP contribution in [0.25, 0.3) is 0 Å². The summed E-state index contributed by atoms with van der Waals surface area (Å²) >= 11 is 6.08. The molecule has 37 heavy (non-hydrogen) atoms. The summed E-state index contributed by atoms with van der Waals surface area (Å²) in [5.74, 6) is -1.23. The molecule has 2 aromatic carbocycles. The minimum atomic E-state index is -4.76. The van der Waals surface area contributed by atoms with E-state index >= 15 is 0 Å². The maximum Gasteiger partial charge on any atom is 0.416 e. The predicted octanol–water partition coefficient (Wildman–Crippen LogP) is 4.77. The van der Waals surface area contributed by atoms with Gasteiger partial charge in [-0.15, -0.1) is 0 Å². The zero-order valence-electron chi connectivity index (χ0n) is 21.3. The van der Waals surface area contributed by atoms with E-state index in [0.29, 0.717) is 16.8 Å². The number of carbonyl (C=O) groups excluding carboxylic acids is 2. The van der Waals surface area contributed by atoms with Crippen LogP contribution in [0.5, 0.6) is 0 Å². The van der Waals surface area contributed by atoms with Gasteiger partial charge in [-0.2, -0.15) is 13.2 Å². The van der Waals surface area contributed by atoms with Crippen LogP contribution in [-0.2, 0) is 32.3 Å². The zero-order valence-corrected chi connectivity index (χ0v) is 22.8. The minimum absolute atomic E-state index is 0.0193. The Hall–Kier alpha value is -2.79. The van der Waals surface area contributed by atoms with Gasteiger partial charge in [-0.1, -0.05) is 42.8 Å². The van der Waals surface area contributed by atoms with Crippen molar-refractivity contribution in [1.82, 2.24) is 10.2 Å². The van der Waals surface area contributed by atoms with E-state index < -0.39 is 51.9 Å². The number of nitrogens with one attached hydrogen (secondary N) is 1. The zero-order chi connectivity index (χ0) is 28.1. The van der Waals surface area contributed by atoms with Crippen LogP contribution in [0.2, 0.25) is 5.02 Å². The van der Waals surface area contributed by atoms with Crippen LogP contribution < -0.4 is 9.62 Å². The highest BCUT2D eigenvalue weighted by molar-refractivity contribution is 7.92. The fourth-order valence-corrected chi connectivity index (χ4v) is 4.62. The molecule has 0 aromatic heterocycles. The average molecular weight is 562 g/mol. The minimum Gasteiger partial charge on any atom is -0.352 e. The number of anilines is 1. The van der Waals surface area contributed by atoms with E-state index in [-0.39, 0.29) is 17.6 Å². The topological polar surface area (TPSA) is 86.8 Å². The molecule has 2 rings (SSSR count). The summed E-state index contributed by atoms with van der Waals surface area (Å²) < 4.78 is 65.8. The largest absolute Gasteiger partial charge is 0.416 e. The molecule has 0 radical (unpaired) electrons. The highest BCUT2D eigenvalue weighted by atomic mass is 35.5. The molecule has 2 unspecified atom stereocenters. The van der Waals surface area contributed by atoms with Crippen LogP contribution in [-0.4, -0.2) is 50.0 Å². The van der Waals surface area contributed by atoms with Crippen LogP contribution >= 0.6 is 11.6 Å². The third kappa shape index (κ3) is 8.10. The number of carbonyl (C=O) groups is 2. The van der Waals surface area contributed by atoms with Crippen LogP contribution in [0.4, 0.5) is 18.9 Å². The Balaban J connectivity index is 2.51. The Morgan fingerprint density at radius 2 is 1.73 bits per heavy atom. The van der Waals surface area contributed by atoms with Gasteiger partial charge in [-0.25, -0.2) is 8.42 Å². The number of rotatable bonds is 10. The Labute approximate surface area is 220 Å². The van der Waals surface area contributed by atoms with E-state index in [4.69, 9.17) is 11.6 Å². The van der Waals surface area contributed by atoms with Gasteiger partial charge in [-0.05, 0) is 56.5 Å². The molecule has 0 saturated carbocycles. The van der Waals surface area contributed by atoms with Gasteiger partial charge in [0.05, 0.1) is 22.5 Å². The highest BCUT2D eigenvalue weighted by Crippen LogP contribution is 2.36. The van der Waals surface area contributed by atoms with Gasteiger partial charge in [0.2, 0.25) is 21.8 Å². The predicted molar refractivity (Wildman–Crippen MR) is 138 cm³/mol. The molecule has 2 aromatic rings. The summed E-state index contributed by atoms with van der Waals surface area (Å²) in [5, 5.41) is 2.52. The maximum atomic E-state index is 13.6. The van der Waals surface area contributed by atoms with Crippen LogP contribution in [0.3, 0.4) is 0 Å². The molecule has 204 valence electrons. The number of aryl methyl sites for hydroxylation is 1. The Kier molecular flexibility index (Phi) is 10.0. The first-order chi connectivity index (χ1) is 17.1. The van der Waals surface area contributed by atoms with Crippen molar-refractivity contribution >= 4 is 39.1 Å². The second-order valence-electron chi connectivity index (χ2n) is 8.88. The summed E-state index contributed by atoms with van der Waals surface area (Å²) in [6.45, 7) is 6.15. The molecule has 0 spiro atoms. The standard InChI is InChI=1S/C25H31ClF3N3O4S/c1-6-17(3)30-24(34)18(4)31(14-19-10-8-7-9-16(19)2)23(33)15-32(37(5,35)36)22-13-20(25(27,28)29)11-12-21(22)26/h7-13,17-18H,6,14-15H2,1-5H3,(H,30,34). The molecule has 2 atom stereocenters. The van der Waals surface area contributed by atoms with Crippen molar-refractivity contribution < 1.29 is 31.2 Å². The number of sulfonamides is 1. The molecule has 0 aliphatic carbocycles. The molecule has 0 heterocycles. The van der Waals surface area contributed by atoms with Gasteiger partial charge < -0.3 is 10.2 Å². The number of nitrogens with zero attached hydrogens (tertiary/aromatic N) is 2. The molecular formula is C25H31ClF3N3O4S. The Morgan fingerprint density at radius 3 is 2.27 bits per heavy atom. The number of amides is 2. The van der Waals surface area contributed by atoms with E-state index in [1.54, 1.807) is 19.1 Å². The van der Waals surface area contributed by atoms with Gasteiger partial charge >= 0.3 is 6.18 Å². The summed E-state index contributed by atoms with van der Waals surface area (Å²) in [5.41, 5.74) is -0.0382. The van der Waals surface area contributed by atoms with Gasteiger partial charge in [-0.3, -0.25) is 13.9 Å². The van der Waals surface area contributed by atoms with E-state index in [1.807, 2.05) is 26.0 Å². The number of hydrogen-bond acceptors (Lipinski definition) is 4. The summed E-state index contributed by atoms with van der Waals surface area (Å²) in [4.78, 5) is 27.7. The van der Waals surface area contributed by atoms with Crippen molar-refractivity contribution in [1.29, 1.82) is 0 Å². The molecule has 1 N–H and O–H groups in total. The fourth-order valence-electron chi connectivity index (χ4n) is 3.49. The van der Waals surface area contributed by atoms with E-state index in [9.17, 15) is 31.2 Å². The van der Waals surface area contributed by atoms with Gasteiger partial charge in [0.1, 0.15) is 12.6 Å². The van der Waals surface area contributed by atoms with Crippen LogP contribution in [0.15, 0.2) is 42.5 Å². The molecule has 2 amide bonds. The normalized spacial score (nSPS) is 13.5. The van der Waals surface area contributed by atoms with Crippen molar-refractivity contribution in [2.45, 2.75) is 58.9 Å². The molecule has 0 saturated heterocycles. The number of alkyl halides is 3. The average Bonchev–Trinajstić information content (AvgIpc) is 2.80. The second-order valence-corrected chi connectivity index (χ2v) is 11.2. The Bertz CT molecular complexity index is 1240. The molecule has 12 heteroatoms. The van der Waals surface area contributed by atoms with Crippen molar-refractivity contribution in [3.63, 3.8) is 0 Å². The Morgan fingerprint density at radius 1 is 1.11 bits per heavy atom. The van der Waals surface area contributed by atoms with Crippen molar-refractivity contribution in [3.8, 4) is 0 Å². The summed E-state index contributed by atoms with van der Waals surface area (Å²) in [6.07, 6.45) is -3.34. The van der Waals surface area contributed by atoms with Crippen LogP contribution in [0, 0.1) is 6.92 Å². The smallest absolute Gasteiger partial charge is 0.352 e. The van der Waals surface area contributed by atoms with E-state index in [2.05, 4.69) is 5.32 Å². The third-order valence-electron chi connectivity index (χ3n) is 5.99. The molecule has 0 bridgehead atoms. The third-order valence-corrected chi connectivity index (χ3v) is 7.44. The maximum absolute atomic E-state index is 13.6. The first-order valence-corrected chi connectivity index (χ1v) is 13.8. The monoisotopic (exact) mass is 561 g/mol. The SMILES string of the molecule is CCC(C)NC(=O)C(C)N(Cc1ccccc1C)C(=O)CN(c1cc(C(F)(F)F)ccc1Cl)S(C)(=O)=O. The lowest BCUT2D eigenvalue weighted by Crippen LogP contribution is -2.52. The van der Waals surface area contributed by atoms with Crippen molar-refractivity contribution in [2.75, 3.05) is 17.1 Å². The number of halogens is 4. The second kappa shape index (κ2) is 12.2. The molecule has 7 nitrogen and oxygen atoms in total. The van der Waals surface area contributed by atoms with E-state index in [0.717, 1.165) is 29.5 Å². The van der Waals surface area contributed by atoms with Crippen LogP contribution in [0.1, 0.15) is 43.9 Å². The molecular weight excluding hydrogens is 531 g/mol. The van der Waals surface area contributed by atoms with Gasteiger partial charge in [0.15, 0.2) is 0 Å². The molecule has 0 aliphatic rings. The highest BCUT2D eigenvalue weighted by Gasteiger charge is 2.35. The number of benzene rings is 2. The molecule has 0 aliphatic heterocycles. The summed E-state index contributed by atoms with van der Waals surface area (Å²) in [6, 6.07) is 8.24. The molecule has 0 fully saturated rings. The first kappa shape index (κ1) is 30.4. The quantitative estimate of drug-likeness (QED) is 0.453. The lowest BCUT2D eigenvalue weighted by Gasteiger charge is -2.32. The van der Waals surface area contributed by atoms with Gasteiger partial charge in [0.25, 0.3) is 0 Å².